The van der Waals surface area contributed by atoms with E-state index in [9.17, 15) is 9.18 Å². The summed E-state index contributed by atoms with van der Waals surface area (Å²) in [7, 11) is 0. The summed E-state index contributed by atoms with van der Waals surface area (Å²) in [5.74, 6) is -0.0511. The largest absolute Gasteiger partial charge is 0.316 e. The molecule has 1 aliphatic heterocycles. The zero-order valence-electron chi connectivity index (χ0n) is 10.5. The number of halogens is 1. The van der Waals surface area contributed by atoms with Crippen LogP contribution in [-0.2, 0) is 11.2 Å². The third-order valence-corrected chi connectivity index (χ3v) is 3.89. The molecule has 1 heterocycles. The van der Waals surface area contributed by atoms with Crippen LogP contribution in [0.1, 0.15) is 37.3 Å². The molecule has 0 bridgehead atoms. The Kier molecular flexibility index (Phi) is 2.69. The molecule has 1 amide bonds. The standard InChI is InChI=1S/C15H16FNO/c1-10(18)17-8-2-3-14-13-6-5-12(16)9-11(13)4-7-15(14)17/h5-6,9H,2-4,7-8H2,1H3. The van der Waals surface area contributed by atoms with Crippen LogP contribution in [-0.4, -0.2) is 17.4 Å². The number of rotatable bonds is 0. The van der Waals surface area contributed by atoms with E-state index >= 15 is 0 Å². The van der Waals surface area contributed by atoms with E-state index in [4.69, 9.17) is 0 Å². The summed E-state index contributed by atoms with van der Waals surface area (Å²) in [5.41, 5.74) is 4.63. The molecule has 0 fully saturated rings. The zero-order valence-corrected chi connectivity index (χ0v) is 10.5. The van der Waals surface area contributed by atoms with Gasteiger partial charge in [-0.3, -0.25) is 4.79 Å². The van der Waals surface area contributed by atoms with Crippen molar-refractivity contribution >= 4 is 11.5 Å². The second kappa shape index (κ2) is 4.23. The van der Waals surface area contributed by atoms with Gasteiger partial charge in [0.1, 0.15) is 5.82 Å². The van der Waals surface area contributed by atoms with E-state index in [2.05, 4.69) is 0 Å². The van der Waals surface area contributed by atoms with Crippen LogP contribution in [0.3, 0.4) is 0 Å². The Labute approximate surface area is 106 Å². The minimum Gasteiger partial charge on any atom is -0.316 e. The predicted octanol–water partition coefficient (Wildman–Crippen LogP) is 3.13. The summed E-state index contributed by atoms with van der Waals surface area (Å²) >= 11 is 0. The van der Waals surface area contributed by atoms with Crippen LogP contribution in [0.5, 0.6) is 0 Å². The van der Waals surface area contributed by atoms with Gasteiger partial charge in [-0.2, -0.15) is 0 Å². The smallest absolute Gasteiger partial charge is 0.223 e. The van der Waals surface area contributed by atoms with Crippen LogP contribution in [0.4, 0.5) is 4.39 Å². The SMILES string of the molecule is CC(=O)N1CCCC2=C1CCc1cc(F)ccc12. The summed E-state index contributed by atoms with van der Waals surface area (Å²) in [6.45, 7) is 2.45. The molecule has 0 atom stereocenters. The highest BCUT2D eigenvalue weighted by molar-refractivity contribution is 5.82. The molecule has 0 saturated heterocycles. The third kappa shape index (κ3) is 1.74. The van der Waals surface area contributed by atoms with Gasteiger partial charge in [0.25, 0.3) is 0 Å². The predicted molar refractivity (Wildman–Crippen MR) is 68.3 cm³/mol. The van der Waals surface area contributed by atoms with E-state index in [1.165, 1.54) is 11.6 Å². The number of carbonyl (C=O) groups is 1. The highest BCUT2D eigenvalue weighted by Gasteiger charge is 2.27. The molecule has 3 rings (SSSR count). The Morgan fingerprint density at radius 1 is 1.28 bits per heavy atom. The number of benzene rings is 1. The highest BCUT2D eigenvalue weighted by Crippen LogP contribution is 2.38. The fraction of sp³-hybridized carbons (Fsp3) is 0.400. The molecule has 1 aromatic rings. The van der Waals surface area contributed by atoms with Crippen LogP contribution in [0.25, 0.3) is 5.57 Å². The first-order valence-electron chi connectivity index (χ1n) is 6.46. The zero-order chi connectivity index (χ0) is 12.7. The minimum atomic E-state index is -0.169. The Hall–Kier alpha value is -1.64. The number of amides is 1. The molecule has 2 nitrogen and oxygen atoms in total. The van der Waals surface area contributed by atoms with Gasteiger partial charge < -0.3 is 4.90 Å². The Morgan fingerprint density at radius 2 is 2.11 bits per heavy atom. The lowest BCUT2D eigenvalue weighted by molar-refractivity contribution is -0.127. The van der Waals surface area contributed by atoms with E-state index in [1.807, 2.05) is 11.0 Å². The van der Waals surface area contributed by atoms with Gasteiger partial charge in [-0.15, -0.1) is 0 Å². The first-order valence-corrected chi connectivity index (χ1v) is 6.46. The number of carbonyl (C=O) groups excluding carboxylic acids is 1. The van der Waals surface area contributed by atoms with Crippen molar-refractivity contribution in [1.29, 1.82) is 0 Å². The Bertz CT molecular complexity index is 547. The monoisotopic (exact) mass is 245 g/mol. The molecule has 0 radical (unpaired) electrons. The number of nitrogens with zero attached hydrogens (tertiary/aromatic N) is 1. The Balaban J connectivity index is 2.11. The van der Waals surface area contributed by atoms with Crippen LogP contribution in [0.15, 0.2) is 23.9 Å². The molecular weight excluding hydrogens is 229 g/mol. The second-order valence-electron chi connectivity index (χ2n) is 5.00. The maximum Gasteiger partial charge on any atom is 0.223 e. The molecule has 3 heteroatoms. The Morgan fingerprint density at radius 3 is 2.89 bits per heavy atom. The second-order valence-corrected chi connectivity index (χ2v) is 5.00. The van der Waals surface area contributed by atoms with Crippen molar-refractivity contribution < 1.29 is 9.18 Å². The van der Waals surface area contributed by atoms with E-state index < -0.39 is 0 Å². The average Bonchev–Trinajstić information content (AvgIpc) is 2.37. The first kappa shape index (κ1) is 11.5. The van der Waals surface area contributed by atoms with Crippen molar-refractivity contribution in [3.8, 4) is 0 Å². The van der Waals surface area contributed by atoms with Gasteiger partial charge in [0.15, 0.2) is 0 Å². The van der Waals surface area contributed by atoms with Crippen molar-refractivity contribution in [2.24, 2.45) is 0 Å². The van der Waals surface area contributed by atoms with Crippen molar-refractivity contribution in [2.45, 2.75) is 32.6 Å². The van der Waals surface area contributed by atoms with Crippen LogP contribution < -0.4 is 0 Å². The number of hydrogen-bond acceptors (Lipinski definition) is 1. The fourth-order valence-corrected chi connectivity index (χ4v) is 3.10. The molecule has 0 N–H and O–H groups in total. The molecule has 94 valence electrons. The maximum absolute atomic E-state index is 13.2. The highest BCUT2D eigenvalue weighted by atomic mass is 19.1. The quantitative estimate of drug-likeness (QED) is 0.687. The number of allylic oxidation sites excluding steroid dienone is 2. The summed E-state index contributed by atoms with van der Waals surface area (Å²) < 4.78 is 13.2. The summed E-state index contributed by atoms with van der Waals surface area (Å²) in [4.78, 5) is 13.5. The molecule has 2 aliphatic rings. The van der Waals surface area contributed by atoms with Gasteiger partial charge >= 0.3 is 0 Å². The number of hydrogen-bond donors (Lipinski definition) is 0. The van der Waals surface area contributed by atoms with Crippen molar-refractivity contribution in [3.05, 3.63) is 40.8 Å². The summed E-state index contributed by atoms with van der Waals surface area (Å²) in [6, 6.07) is 5.01. The molecule has 0 spiro atoms. The van der Waals surface area contributed by atoms with Gasteiger partial charge in [0.05, 0.1) is 0 Å². The number of aryl methyl sites for hydroxylation is 1. The lowest BCUT2D eigenvalue weighted by Gasteiger charge is -2.35. The van der Waals surface area contributed by atoms with Gasteiger partial charge in [-0.25, -0.2) is 4.39 Å². The molecule has 1 aromatic carbocycles. The van der Waals surface area contributed by atoms with Crippen molar-refractivity contribution in [2.75, 3.05) is 6.54 Å². The summed E-state index contributed by atoms with van der Waals surface area (Å²) in [6.07, 6.45) is 3.67. The first-order chi connectivity index (χ1) is 8.66. The van der Waals surface area contributed by atoms with Gasteiger partial charge in [-0.05, 0) is 54.5 Å². The lowest BCUT2D eigenvalue weighted by Crippen LogP contribution is -2.34. The van der Waals surface area contributed by atoms with Gasteiger partial charge in [0, 0.05) is 19.2 Å². The van der Waals surface area contributed by atoms with E-state index in [0.717, 1.165) is 49.1 Å². The molecule has 1 aliphatic carbocycles. The normalized spacial score (nSPS) is 18.4. The topological polar surface area (TPSA) is 20.3 Å². The summed E-state index contributed by atoms with van der Waals surface area (Å²) in [5, 5.41) is 0. The molecular formula is C15H16FNO. The van der Waals surface area contributed by atoms with E-state index in [0.29, 0.717) is 0 Å². The maximum atomic E-state index is 13.2. The van der Waals surface area contributed by atoms with E-state index in [-0.39, 0.29) is 11.7 Å². The molecule has 0 aromatic heterocycles. The van der Waals surface area contributed by atoms with Crippen molar-refractivity contribution in [1.82, 2.24) is 4.90 Å². The lowest BCUT2D eigenvalue weighted by atomic mass is 9.84. The molecule has 0 unspecified atom stereocenters. The van der Waals surface area contributed by atoms with Crippen molar-refractivity contribution in [3.63, 3.8) is 0 Å². The molecule has 18 heavy (non-hydrogen) atoms. The number of fused-ring (bicyclic) bond motifs is 2. The molecule has 0 saturated carbocycles. The van der Waals surface area contributed by atoms with Crippen LogP contribution in [0.2, 0.25) is 0 Å². The van der Waals surface area contributed by atoms with E-state index in [1.54, 1.807) is 13.0 Å². The van der Waals surface area contributed by atoms with Gasteiger partial charge in [-0.1, -0.05) is 6.07 Å². The minimum absolute atomic E-state index is 0.118. The third-order valence-electron chi connectivity index (χ3n) is 3.89. The van der Waals surface area contributed by atoms with Crippen LogP contribution in [0, 0.1) is 5.82 Å². The fourth-order valence-electron chi connectivity index (χ4n) is 3.10. The van der Waals surface area contributed by atoms with Gasteiger partial charge in [0.2, 0.25) is 5.91 Å². The van der Waals surface area contributed by atoms with Crippen LogP contribution >= 0.6 is 0 Å². The average molecular weight is 245 g/mol.